The van der Waals surface area contributed by atoms with Crippen molar-refractivity contribution in [1.29, 1.82) is 0 Å². The highest BCUT2D eigenvalue weighted by Gasteiger charge is 2.26. The number of hydrogen-bond donors (Lipinski definition) is 2. The maximum absolute atomic E-state index is 13.0. The molecule has 5 heteroatoms. The molecular weight excluding hydrogens is 366 g/mol. The van der Waals surface area contributed by atoms with Crippen LogP contribution in [0, 0.1) is 13.8 Å². The van der Waals surface area contributed by atoms with Crippen molar-refractivity contribution in [2.75, 3.05) is 5.32 Å². The van der Waals surface area contributed by atoms with Gasteiger partial charge in [-0.05, 0) is 48.7 Å². The van der Waals surface area contributed by atoms with Gasteiger partial charge in [0.05, 0.1) is 12.2 Å². The minimum Gasteiger partial charge on any atom is -0.444 e. The van der Waals surface area contributed by atoms with E-state index in [1.807, 2.05) is 38.1 Å². The second-order valence-electron chi connectivity index (χ2n) is 6.86. The largest absolute Gasteiger partial charge is 0.444 e. The summed E-state index contributed by atoms with van der Waals surface area (Å²) >= 11 is 0. The number of aliphatic hydroxyl groups is 1. The highest BCUT2D eigenvalue weighted by molar-refractivity contribution is 5.98. The van der Waals surface area contributed by atoms with E-state index in [-0.39, 0.29) is 6.61 Å². The zero-order chi connectivity index (χ0) is 20.8. The van der Waals surface area contributed by atoms with Gasteiger partial charge in [-0.2, -0.15) is 0 Å². The minimum absolute atomic E-state index is 0.111. The first-order valence-corrected chi connectivity index (χ1v) is 9.32. The lowest BCUT2D eigenvalue weighted by Gasteiger charge is -2.19. The molecule has 148 valence electrons. The normalized spacial score (nSPS) is 11.6. The van der Waals surface area contributed by atoms with Crippen molar-refractivity contribution in [2.45, 2.75) is 26.6 Å². The van der Waals surface area contributed by atoms with Gasteiger partial charge in [0.2, 0.25) is 6.10 Å². The number of aryl methyl sites for hydroxylation is 2. The lowest BCUT2D eigenvalue weighted by atomic mass is 10.1. The van der Waals surface area contributed by atoms with Crippen molar-refractivity contribution in [2.24, 2.45) is 0 Å². The van der Waals surface area contributed by atoms with Crippen LogP contribution in [0.5, 0.6) is 0 Å². The molecule has 0 aliphatic rings. The van der Waals surface area contributed by atoms with Gasteiger partial charge in [-0.1, -0.05) is 54.6 Å². The molecule has 0 saturated heterocycles. The van der Waals surface area contributed by atoms with Crippen LogP contribution in [0.15, 0.2) is 72.8 Å². The van der Waals surface area contributed by atoms with Crippen LogP contribution >= 0.6 is 0 Å². The van der Waals surface area contributed by atoms with E-state index in [0.29, 0.717) is 22.4 Å². The van der Waals surface area contributed by atoms with E-state index in [4.69, 9.17) is 9.84 Å². The molecule has 0 heterocycles. The summed E-state index contributed by atoms with van der Waals surface area (Å²) in [4.78, 5) is 25.7. The predicted octanol–water partition coefficient (Wildman–Crippen LogP) is 4.33. The number of amides is 1. The van der Waals surface area contributed by atoms with Crippen LogP contribution < -0.4 is 5.32 Å². The van der Waals surface area contributed by atoms with E-state index in [0.717, 1.165) is 11.1 Å². The number of ether oxygens (including phenoxy) is 1. The van der Waals surface area contributed by atoms with Gasteiger partial charge in [-0.15, -0.1) is 0 Å². The summed E-state index contributed by atoms with van der Waals surface area (Å²) in [6, 6.07) is 21.1. The van der Waals surface area contributed by atoms with Crippen molar-refractivity contribution in [3.8, 4) is 0 Å². The average Bonchev–Trinajstić information content (AvgIpc) is 2.75. The summed E-state index contributed by atoms with van der Waals surface area (Å²) in [6.45, 7) is 3.74. The van der Waals surface area contributed by atoms with Crippen LogP contribution in [-0.4, -0.2) is 17.0 Å². The standard InChI is InChI=1S/C24H23NO4/c1-16-8-9-17(2)21(14-16)25-23(27)22(19-6-4-3-5-7-19)29-24(28)20-12-10-18(15-26)11-13-20/h3-14,22,26H,15H2,1-2H3,(H,25,27). The van der Waals surface area contributed by atoms with Crippen LogP contribution in [0.1, 0.15) is 38.7 Å². The van der Waals surface area contributed by atoms with Crippen LogP contribution in [0.4, 0.5) is 5.69 Å². The molecule has 5 nitrogen and oxygen atoms in total. The molecular formula is C24H23NO4. The maximum Gasteiger partial charge on any atom is 0.339 e. The Morgan fingerprint density at radius 3 is 2.31 bits per heavy atom. The third kappa shape index (κ3) is 5.09. The number of carbonyl (C=O) groups excluding carboxylic acids is 2. The highest BCUT2D eigenvalue weighted by atomic mass is 16.5. The second-order valence-corrected chi connectivity index (χ2v) is 6.86. The van der Waals surface area contributed by atoms with Crippen molar-refractivity contribution in [3.05, 3.63) is 101 Å². The van der Waals surface area contributed by atoms with Crippen LogP contribution in [-0.2, 0) is 16.1 Å². The molecule has 3 aromatic rings. The number of nitrogens with one attached hydrogen (secondary N) is 1. The van der Waals surface area contributed by atoms with E-state index >= 15 is 0 Å². The number of rotatable bonds is 6. The van der Waals surface area contributed by atoms with Gasteiger partial charge < -0.3 is 15.2 Å². The summed E-state index contributed by atoms with van der Waals surface area (Å²) in [5.74, 6) is -1.04. The fourth-order valence-corrected chi connectivity index (χ4v) is 2.89. The number of anilines is 1. The van der Waals surface area contributed by atoms with Crippen molar-refractivity contribution in [1.82, 2.24) is 0 Å². The van der Waals surface area contributed by atoms with E-state index in [1.54, 1.807) is 48.5 Å². The van der Waals surface area contributed by atoms with E-state index < -0.39 is 18.0 Å². The van der Waals surface area contributed by atoms with Crippen molar-refractivity contribution in [3.63, 3.8) is 0 Å². The van der Waals surface area contributed by atoms with E-state index in [9.17, 15) is 9.59 Å². The Kier molecular flexibility index (Phi) is 6.42. The molecule has 0 aliphatic carbocycles. The SMILES string of the molecule is Cc1ccc(C)c(NC(=O)C(OC(=O)c2ccc(CO)cc2)c2ccccc2)c1. The van der Waals surface area contributed by atoms with Crippen molar-refractivity contribution >= 4 is 17.6 Å². The third-order valence-electron chi connectivity index (χ3n) is 4.59. The summed E-state index contributed by atoms with van der Waals surface area (Å²) in [7, 11) is 0. The fraction of sp³-hybridized carbons (Fsp3) is 0.167. The minimum atomic E-state index is -1.10. The molecule has 0 spiro atoms. The summed E-state index contributed by atoms with van der Waals surface area (Å²) in [6.07, 6.45) is -1.10. The second kappa shape index (κ2) is 9.17. The monoisotopic (exact) mass is 389 g/mol. The number of carbonyl (C=O) groups is 2. The number of aliphatic hydroxyl groups excluding tert-OH is 1. The van der Waals surface area contributed by atoms with Gasteiger partial charge >= 0.3 is 5.97 Å². The molecule has 2 N–H and O–H groups in total. The maximum atomic E-state index is 13.0. The molecule has 1 amide bonds. The molecule has 0 aliphatic heterocycles. The summed E-state index contributed by atoms with van der Waals surface area (Å²) in [5.41, 5.74) is 4.19. The lowest BCUT2D eigenvalue weighted by Crippen LogP contribution is -2.26. The molecule has 0 radical (unpaired) electrons. The highest BCUT2D eigenvalue weighted by Crippen LogP contribution is 2.24. The smallest absolute Gasteiger partial charge is 0.339 e. The quantitative estimate of drug-likeness (QED) is 0.615. The lowest BCUT2D eigenvalue weighted by molar-refractivity contribution is -0.125. The van der Waals surface area contributed by atoms with Gasteiger partial charge in [-0.25, -0.2) is 4.79 Å². The Bertz CT molecular complexity index is 997. The van der Waals surface area contributed by atoms with Crippen LogP contribution in [0.25, 0.3) is 0 Å². The molecule has 0 aromatic heterocycles. The molecule has 0 saturated carbocycles. The Morgan fingerprint density at radius 2 is 1.66 bits per heavy atom. The first kappa shape index (κ1) is 20.3. The fourth-order valence-electron chi connectivity index (χ4n) is 2.89. The number of benzene rings is 3. The zero-order valence-electron chi connectivity index (χ0n) is 16.4. The van der Waals surface area contributed by atoms with Crippen LogP contribution in [0.2, 0.25) is 0 Å². The van der Waals surface area contributed by atoms with Gasteiger partial charge in [0.25, 0.3) is 5.91 Å². The Labute approximate surface area is 170 Å². The Balaban J connectivity index is 1.85. The first-order chi connectivity index (χ1) is 14.0. The van der Waals surface area contributed by atoms with Gasteiger partial charge in [0, 0.05) is 11.3 Å². The average molecular weight is 389 g/mol. The predicted molar refractivity (Wildman–Crippen MR) is 112 cm³/mol. The molecule has 29 heavy (non-hydrogen) atoms. The van der Waals surface area contributed by atoms with Crippen LogP contribution in [0.3, 0.4) is 0 Å². The molecule has 1 unspecified atom stereocenters. The Hall–Kier alpha value is -3.44. The van der Waals surface area contributed by atoms with E-state index in [2.05, 4.69) is 5.32 Å². The van der Waals surface area contributed by atoms with Gasteiger partial charge in [0.15, 0.2) is 0 Å². The molecule has 1 atom stereocenters. The zero-order valence-corrected chi connectivity index (χ0v) is 16.4. The first-order valence-electron chi connectivity index (χ1n) is 9.32. The molecule has 0 bridgehead atoms. The number of esters is 1. The summed E-state index contributed by atoms with van der Waals surface area (Å²) in [5, 5.41) is 12.0. The summed E-state index contributed by atoms with van der Waals surface area (Å²) < 4.78 is 5.59. The van der Waals surface area contributed by atoms with Crippen molar-refractivity contribution < 1.29 is 19.4 Å². The molecule has 3 aromatic carbocycles. The molecule has 0 fully saturated rings. The van der Waals surface area contributed by atoms with Gasteiger partial charge in [0.1, 0.15) is 0 Å². The Morgan fingerprint density at radius 1 is 0.966 bits per heavy atom. The van der Waals surface area contributed by atoms with Gasteiger partial charge in [-0.3, -0.25) is 4.79 Å². The number of hydrogen-bond acceptors (Lipinski definition) is 4. The molecule has 3 rings (SSSR count). The van der Waals surface area contributed by atoms with E-state index in [1.165, 1.54) is 0 Å². The topological polar surface area (TPSA) is 75.6 Å². The third-order valence-corrected chi connectivity index (χ3v) is 4.59.